The van der Waals surface area contributed by atoms with Gasteiger partial charge in [0.25, 0.3) is 5.69 Å². The third-order valence-electron chi connectivity index (χ3n) is 4.34. The van der Waals surface area contributed by atoms with E-state index >= 15 is 0 Å². The van der Waals surface area contributed by atoms with Crippen LogP contribution in [-0.4, -0.2) is 16.5 Å². The van der Waals surface area contributed by atoms with Gasteiger partial charge in [-0.3, -0.25) is 10.1 Å². The van der Waals surface area contributed by atoms with Crippen molar-refractivity contribution in [2.75, 3.05) is 6.61 Å². The van der Waals surface area contributed by atoms with E-state index in [1.807, 2.05) is 19.1 Å². The fraction of sp³-hybridized carbons (Fsp3) is 0.312. The molecule has 1 aliphatic carbocycles. The molecule has 4 rings (SSSR count). The van der Waals surface area contributed by atoms with E-state index in [4.69, 9.17) is 9.47 Å². The third-order valence-corrected chi connectivity index (χ3v) is 4.34. The van der Waals surface area contributed by atoms with Gasteiger partial charge in [0.15, 0.2) is 0 Å². The monoisotopic (exact) mass is 298 g/mol. The molecule has 0 N–H and O–H groups in total. The Morgan fingerprint density at radius 3 is 2.77 bits per heavy atom. The van der Waals surface area contributed by atoms with Crippen LogP contribution >= 0.6 is 0 Å². The number of benzene rings is 1. The number of aromatic nitrogens is 1. The molecule has 2 aliphatic rings. The highest BCUT2D eigenvalue weighted by molar-refractivity contribution is 5.59. The average Bonchev–Trinajstić information content (AvgIpc) is 3.17. The van der Waals surface area contributed by atoms with Crippen molar-refractivity contribution in [3.8, 4) is 17.4 Å². The molecule has 1 aromatic carbocycles. The molecule has 1 fully saturated rings. The summed E-state index contributed by atoms with van der Waals surface area (Å²) in [6.45, 7) is 2.73. The van der Waals surface area contributed by atoms with Gasteiger partial charge < -0.3 is 9.47 Å². The summed E-state index contributed by atoms with van der Waals surface area (Å²) in [7, 11) is 0. The molecule has 0 atom stereocenters. The van der Waals surface area contributed by atoms with Gasteiger partial charge in [0, 0.05) is 23.1 Å². The number of nitrogens with zero attached hydrogens (tertiary/aromatic N) is 2. The maximum Gasteiger partial charge on any atom is 0.287 e. The molecule has 112 valence electrons. The molecule has 1 aliphatic heterocycles. The second-order valence-electron chi connectivity index (χ2n) is 5.87. The second-order valence-corrected chi connectivity index (χ2v) is 5.87. The molecule has 2 aromatic rings. The first-order valence-electron chi connectivity index (χ1n) is 7.14. The van der Waals surface area contributed by atoms with Crippen molar-refractivity contribution in [1.82, 2.24) is 4.98 Å². The summed E-state index contributed by atoms with van der Waals surface area (Å²) in [6.07, 6.45) is 3.41. The van der Waals surface area contributed by atoms with Crippen LogP contribution in [0.1, 0.15) is 24.0 Å². The minimum absolute atomic E-state index is 0.0523. The van der Waals surface area contributed by atoms with Gasteiger partial charge in [-0.15, -0.1) is 0 Å². The van der Waals surface area contributed by atoms with Crippen LogP contribution in [0.3, 0.4) is 0 Å². The van der Waals surface area contributed by atoms with Crippen LogP contribution in [0.5, 0.6) is 17.4 Å². The Balaban J connectivity index is 1.70. The molecule has 1 saturated carbocycles. The summed E-state index contributed by atoms with van der Waals surface area (Å²) in [4.78, 5) is 14.2. The van der Waals surface area contributed by atoms with Gasteiger partial charge in [-0.2, -0.15) is 0 Å². The topological polar surface area (TPSA) is 74.5 Å². The van der Waals surface area contributed by atoms with E-state index in [1.54, 1.807) is 0 Å². The number of hydrogen-bond acceptors (Lipinski definition) is 5. The number of aryl methyl sites for hydroxylation is 1. The molecular formula is C16H14N2O4. The first kappa shape index (κ1) is 13.1. The van der Waals surface area contributed by atoms with Gasteiger partial charge >= 0.3 is 0 Å². The van der Waals surface area contributed by atoms with Crippen LogP contribution in [0, 0.1) is 17.0 Å². The van der Waals surface area contributed by atoms with Crippen LogP contribution in [0.4, 0.5) is 5.69 Å². The Hall–Kier alpha value is -2.63. The lowest BCUT2D eigenvalue weighted by Crippen LogP contribution is -2.08. The minimum Gasteiger partial charge on any atom is -0.492 e. The number of pyridine rings is 1. The Labute approximate surface area is 126 Å². The average molecular weight is 298 g/mol. The third kappa shape index (κ3) is 1.91. The lowest BCUT2D eigenvalue weighted by Gasteiger charge is -2.13. The molecule has 0 bridgehead atoms. The van der Waals surface area contributed by atoms with Crippen LogP contribution in [0.25, 0.3) is 0 Å². The van der Waals surface area contributed by atoms with Gasteiger partial charge in [0.2, 0.25) is 5.88 Å². The van der Waals surface area contributed by atoms with E-state index in [9.17, 15) is 10.1 Å². The minimum atomic E-state index is -0.479. The van der Waals surface area contributed by atoms with Crippen LogP contribution in [-0.2, 0) is 5.41 Å². The van der Waals surface area contributed by atoms with Gasteiger partial charge in [-0.25, -0.2) is 4.98 Å². The molecule has 0 radical (unpaired) electrons. The molecule has 2 heterocycles. The molecule has 6 heteroatoms. The lowest BCUT2D eigenvalue weighted by molar-refractivity contribution is -0.385. The second kappa shape index (κ2) is 4.43. The van der Waals surface area contributed by atoms with Gasteiger partial charge in [0.05, 0.1) is 11.5 Å². The number of ether oxygens (including phenoxy) is 2. The largest absolute Gasteiger partial charge is 0.492 e. The first-order valence-corrected chi connectivity index (χ1v) is 7.14. The maximum absolute atomic E-state index is 10.7. The smallest absolute Gasteiger partial charge is 0.287 e. The zero-order valence-corrected chi connectivity index (χ0v) is 12.0. The van der Waals surface area contributed by atoms with E-state index in [0.717, 1.165) is 35.5 Å². The maximum atomic E-state index is 10.7. The molecule has 1 aromatic heterocycles. The van der Waals surface area contributed by atoms with Crippen molar-refractivity contribution in [2.45, 2.75) is 25.2 Å². The Kier molecular flexibility index (Phi) is 2.63. The van der Waals surface area contributed by atoms with Crippen molar-refractivity contribution in [1.29, 1.82) is 0 Å². The summed E-state index contributed by atoms with van der Waals surface area (Å²) in [5, 5.41) is 10.7. The van der Waals surface area contributed by atoms with E-state index in [1.165, 1.54) is 18.3 Å². The van der Waals surface area contributed by atoms with Crippen molar-refractivity contribution in [3.05, 3.63) is 51.7 Å². The standard InChI is InChI=1S/C16H14N2O4/c1-10-2-4-12(14-15(10)21-9-16(14)6-7-16)22-13-5-3-11(8-17-13)18(19)20/h2-5,8H,6-7,9H2,1H3. The Bertz CT molecular complexity index is 766. The van der Waals surface area contributed by atoms with Gasteiger partial charge in [0.1, 0.15) is 17.7 Å². The Morgan fingerprint density at radius 1 is 1.32 bits per heavy atom. The Morgan fingerprint density at radius 2 is 2.14 bits per heavy atom. The highest BCUT2D eigenvalue weighted by atomic mass is 16.6. The van der Waals surface area contributed by atoms with Crippen molar-refractivity contribution >= 4 is 5.69 Å². The van der Waals surface area contributed by atoms with Gasteiger partial charge in [-0.1, -0.05) is 6.07 Å². The van der Waals surface area contributed by atoms with Crippen LogP contribution < -0.4 is 9.47 Å². The summed E-state index contributed by atoms with van der Waals surface area (Å²) in [5.41, 5.74) is 2.26. The zero-order chi connectivity index (χ0) is 15.3. The summed E-state index contributed by atoms with van der Waals surface area (Å²) >= 11 is 0. The van der Waals surface area contributed by atoms with Crippen LogP contribution in [0.2, 0.25) is 0 Å². The highest BCUT2D eigenvalue weighted by Crippen LogP contribution is 2.59. The predicted octanol–water partition coefficient (Wildman–Crippen LogP) is 3.51. The molecule has 0 saturated heterocycles. The van der Waals surface area contributed by atoms with E-state index < -0.39 is 4.92 Å². The number of fused-ring (bicyclic) bond motifs is 2. The van der Waals surface area contributed by atoms with Crippen molar-refractivity contribution < 1.29 is 14.4 Å². The van der Waals surface area contributed by atoms with E-state index in [2.05, 4.69) is 4.98 Å². The molecule has 1 spiro atoms. The number of rotatable bonds is 3. The van der Waals surface area contributed by atoms with Crippen molar-refractivity contribution in [3.63, 3.8) is 0 Å². The lowest BCUT2D eigenvalue weighted by atomic mass is 9.95. The quantitative estimate of drug-likeness (QED) is 0.640. The SMILES string of the molecule is Cc1ccc(Oc2ccc([N+](=O)[O-])cn2)c2c1OCC21CC1. The zero-order valence-electron chi connectivity index (χ0n) is 12.0. The molecule has 6 nitrogen and oxygen atoms in total. The first-order chi connectivity index (χ1) is 10.6. The van der Waals surface area contributed by atoms with Crippen molar-refractivity contribution in [2.24, 2.45) is 0 Å². The van der Waals surface area contributed by atoms with Crippen LogP contribution in [0.15, 0.2) is 30.5 Å². The highest BCUT2D eigenvalue weighted by Gasteiger charge is 2.53. The fourth-order valence-electron chi connectivity index (χ4n) is 2.92. The molecular weight excluding hydrogens is 284 g/mol. The molecule has 0 unspecified atom stereocenters. The van der Waals surface area contributed by atoms with E-state index in [0.29, 0.717) is 12.5 Å². The predicted molar refractivity (Wildman–Crippen MR) is 78.6 cm³/mol. The summed E-state index contributed by atoms with van der Waals surface area (Å²) in [6, 6.07) is 6.78. The van der Waals surface area contributed by atoms with E-state index in [-0.39, 0.29) is 11.1 Å². The molecule has 0 amide bonds. The summed E-state index contributed by atoms with van der Waals surface area (Å²) < 4.78 is 11.7. The summed E-state index contributed by atoms with van der Waals surface area (Å²) in [5.74, 6) is 1.99. The molecule has 22 heavy (non-hydrogen) atoms. The number of nitro groups is 1. The fourth-order valence-corrected chi connectivity index (χ4v) is 2.92. The number of hydrogen-bond donors (Lipinski definition) is 0. The van der Waals surface area contributed by atoms with Gasteiger partial charge in [-0.05, 0) is 31.4 Å². The normalized spacial score (nSPS) is 17.0.